The third-order valence-electron chi connectivity index (χ3n) is 4.96. The van der Waals surface area contributed by atoms with E-state index in [1.807, 2.05) is 0 Å². The number of anilines is 2. The standard InChI is InChI=1S/C22H20ClN3O3S/c1-29-17-9-8-14(11-16(17)23)25-21(28)19-15-6-2-3-7-18(15)30-22(19)26-20(27)13-5-4-10-24-12-13/h4-5,8-12H,2-3,6-7H2,1H3,(H,25,28)(H,26,27). The number of carbonyl (C=O) groups excluding carboxylic acids is 2. The van der Waals surface area contributed by atoms with Gasteiger partial charge in [0.2, 0.25) is 0 Å². The van der Waals surface area contributed by atoms with Crippen LogP contribution in [0.3, 0.4) is 0 Å². The average Bonchev–Trinajstić information content (AvgIpc) is 3.12. The van der Waals surface area contributed by atoms with E-state index in [0.29, 0.717) is 32.6 Å². The van der Waals surface area contributed by atoms with Crippen LogP contribution in [0.15, 0.2) is 42.7 Å². The molecule has 4 rings (SSSR count). The zero-order valence-corrected chi connectivity index (χ0v) is 17.9. The van der Waals surface area contributed by atoms with Gasteiger partial charge in [0, 0.05) is 23.0 Å². The van der Waals surface area contributed by atoms with E-state index in [0.717, 1.165) is 36.1 Å². The predicted molar refractivity (Wildman–Crippen MR) is 119 cm³/mol. The molecule has 1 aromatic carbocycles. The fraction of sp³-hybridized carbons (Fsp3) is 0.227. The van der Waals surface area contributed by atoms with Gasteiger partial charge >= 0.3 is 0 Å². The second-order valence-corrected chi connectivity index (χ2v) is 8.43. The molecule has 0 unspecified atom stereocenters. The highest BCUT2D eigenvalue weighted by atomic mass is 35.5. The Morgan fingerprint density at radius 1 is 1.13 bits per heavy atom. The minimum atomic E-state index is -0.289. The first-order chi connectivity index (χ1) is 14.6. The minimum Gasteiger partial charge on any atom is -0.495 e. The molecule has 2 aromatic heterocycles. The Morgan fingerprint density at radius 2 is 1.97 bits per heavy atom. The number of fused-ring (bicyclic) bond motifs is 1. The number of amides is 2. The molecule has 3 aromatic rings. The molecule has 0 saturated carbocycles. The number of hydrogen-bond acceptors (Lipinski definition) is 5. The lowest BCUT2D eigenvalue weighted by Gasteiger charge is -2.14. The van der Waals surface area contributed by atoms with Crippen LogP contribution < -0.4 is 15.4 Å². The number of methoxy groups -OCH3 is 1. The Labute approximate surface area is 183 Å². The van der Waals surface area contributed by atoms with Gasteiger partial charge in [-0.25, -0.2) is 0 Å². The maximum Gasteiger partial charge on any atom is 0.258 e. The molecule has 0 bridgehead atoms. The van der Waals surface area contributed by atoms with Crippen molar-refractivity contribution in [3.63, 3.8) is 0 Å². The van der Waals surface area contributed by atoms with Crippen molar-refractivity contribution in [2.45, 2.75) is 25.7 Å². The number of aryl methyl sites for hydroxylation is 1. The van der Waals surface area contributed by atoms with Crippen LogP contribution in [0.4, 0.5) is 10.7 Å². The van der Waals surface area contributed by atoms with E-state index in [4.69, 9.17) is 16.3 Å². The van der Waals surface area contributed by atoms with E-state index in [9.17, 15) is 9.59 Å². The lowest BCUT2D eigenvalue weighted by atomic mass is 9.95. The highest BCUT2D eigenvalue weighted by Crippen LogP contribution is 2.39. The quantitative estimate of drug-likeness (QED) is 0.571. The highest BCUT2D eigenvalue weighted by molar-refractivity contribution is 7.17. The zero-order chi connectivity index (χ0) is 21.1. The number of thiophene rings is 1. The van der Waals surface area contributed by atoms with Gasteiger partial charge in [0.05, 0.1) is 23.3 Å². The Hall–Kier alpha value is -2.90. The summed E-state index contributed by atoms with van der Waals surface area (Å²) in [5, 5.41) is 6.79. The van der Waals surface area contributed by atoms with Crippen LogP contribution in [-0.2, 0) is 12.8 Å². The number of nitrogens with one attached hydrogen (secondary N) is 2. The normalized spacial score (nSPS) is 12.7. The van der Waals surface area contributed by atoms with Crippen molar-refractivity contribution in [2.75, 3.05) is 17.7 Å². The fourth-order valence-corrected chi connectivity index (χ4v) is 5.04. The second-order valence-electron chi connectivity index (χ2n) is 6.91. The van der Waals surface area contributed by atoms with Gasteiger partial charge in [-0.1, -0.05) is 11.6 Å². The summed E-state index contributed by atoms with van der Waals surface area (Å²) < 4.78 is 5.16. The van der Waals surface area contributed by atoms with Crippen LogP contribution in [0, 0.1) is 0 Å². The molecule has 0 aliphatic heterocycles. The number of hydrogen-bond donors (Lipinski definition) is 2. The van der Waals surface area contributed by atoms with Gasteiger partial charge in [0.1, 0.15) is 10.8 Å². The monoisotopic (exact) mass is 441 g/mol. The van der Waals surface area contributed by atoms with Gasteiger partial charge in [-0.15, -0.1) is 11.3 Å². The highest BCUT2D eigenvalue weighted by Gasteiger charge is 2.27. The molecule has 2 heterocycles. The Bertz CT molecular complexity index is 1100. The van der Waals surface area contributed by atoms with Gasteiger partial charge in [-0.05, 0) is 61.6 Å². The smallest absolute Gasteiger partial charge is 0.258 e. The number of halogens is 1. The number of pyridine rings is 1. The molecule has 30 heavy (non-hydrogen) atoms. The minimum absolute atomic E-state index is 0.267. The Balaban J connectivity index is 1.64. The van der Waals surface area contributed by atoms with E-state index < -0.39 is 0 Å². The number of aromatic nitrogens is 1. The van der Waals surface area contributed by atoms with Gasteiger partial charge in [0.25, 0.3) is 11.8 Å². The van der Waals surface area contributed by atoms with Crippen LogP contribution in [-0.4, -0.2) is 23.9 Å². The number of carbonyl (C=O) groups is 2. The van der Waals surface area contributed by atoms with Crippen LogP contribution in [0.5, 0.6) is 5.75 Å². The lowest BCUT2D eigenvalue weighted by molar-refractivity contribution is 0.102. The fourth-order valence-electron chi connectivity index (χ4n) is 3.50. The first-order valence-electron chi connectivity index (χ1n) is 9.57. The summed E-state index contributed by atoms with van der Waals surface area (Å²) >= 11 is 7.66. The molecule has 0 atom stereocenters. The maximum absolute atomic E-state index is 13.2. The topological polar surface area (TPSA) is 80.3 Å². The third-order valence-corrected chi connectivity index (χ3v) is 6.46. The summed E-state index contributed by atoms with van der Waals surface area (Å²) in [4.78, 5) is 31.0. The van der Waals surface area contributed by atoms with E-state index >= 15 is 0 Å². The van der Waals surface area contributed by atoms with Gasteiger partial charge in [0.15, 0.2) is 0 Å². The number of nitrogens with zero attached hydrogens (tertiary/aromatic N) is 1. The summed E-state index contributed by atoms with van der Waals surface area (Å²) in [6, 6.07) is 8.47. The molecular formula is C22H20ClN3O3S. The molecule has 0 fully saturated rings. The van der Waals surface area contributed by atoms with E-state index in [2.05, 4.69) is 15.6 Å². The Morgan fingerprint density at radius 3 is 2.70 bits per heavy atom. The van der Waals surface area contributed by atoms with Gasteiger partial charge in [-0.2, -0.15) is 0 Å². The van der Waals surface area contributed by atoms with Crippen molar-refractivity contribution < 1.29 is 14.3 Å². The van der Waals surface area contributed by atoms with Crippen molar-refractivity contribution in [2.24, 2.45) is 0 Å². The predicted octanol–water partition coefficient (Wildman–Crippen LogP) is 5.19. The molecule has 2 amide bonds. The SMILES string of the molecule is COc1ccc(NC(=O)c2c(NC(=O)c3cccnc3)sc3c2CCCC3)cc1Cl. The van der Waals surface area contributed by atoms with Crippen molar-refractivity contribution in [3.05, 3.63) is 69.3 Å². The average molecular weight is 442 g/mol. The zero-order valence-electron chi connectivity index (χ0n) is 16.3. The number of benzene rings is 1. The molecular weight excluding hydrogens is 422 g/mol. The van der Waals surface area contributed by atoms with Gasteiger partial charge in [-0.3, -0.25) is 14.6 Å². The summed E-state index contributed by atoms with van der Waals surface area (Å²) in [5.41, 5.74) is 2.55. The molecule has 0 spiro atoms. The summed E-state index contributed by atoms with van der Waals surface area (Å²) in [6.07, 6.45) is 6.95. The maximum atomic E-state index is 13.2. The van der Waals surface area contributed by atoms with E-state index in [-0.39, 0.29) is 11.8 Å². The molecule has 1 aliphatic carbocycles. The van der Waals surface area contributed by atoms with E-state index in [1.54, 1.807) is 36.5 Å². The number of ether oxygens (including phenoxy) is 1. The third kappa shape index (κ3) is 4.17. The van der Waals surface area contributed by atoms with Crippen molar-refractivity contribution in [3.8, 4) is 5.75 Å². The summed E-state index contributed by atoms with van der Waals surface area (Å²) in [7, 11) is 1.54. The van der Waals surface area contributed by atoms with Crippen LogP contribution in [0.1, 0.15) is 44.0 Å². The van der Waals surface area contributed by atoms with Crippen molar-refractivity contribution in [1.82, 2.24) is 4.98 Å². The first-order valence-corrected chi connectivity index (χ1v) is 10.8. The second kappa shape index (κ2) is 8.85. The molecule has 0 saturated heterocycles. The molecule has 1 aliphatic rings. The lowest BCUT2D eigenvalue weighted by Crippen LogP contribution is -2.18. The van der Waals surface area contributed by atoms with Crippen molar-refractivity contribution >= 4 is 45.4 Å². The molecule has 8 heteroatoms. The van der Waals surface area contributed by atoms with Gasteiger partial charge < -0.3 is 15.4 Å². The largest absolute Gasteiger partial charge is 0.495 e. The van der Waals surface area contributed by atoms with Crippen LogP contribution in [0.2, 0.25) is 5.02 Å². The molecule has 0 radical (unpaired) electrons. The summed E-state index contributed by atoms with van der Waals surface area (Å²) in [5.74, 6) is -0.0210. The van der Waals surface area contributed by atoms with Crippen LogP contribution in [0.25, 0.3) is 0 Å². The first kappa shape index (κ1) is 20.4. The van der Waals surface area contributed by atoms with Crippen LogP contribution >= 0.6 is 22.9 Å². The van der Waals surface area contributed by atoms with E-state index in [1.165, 1.54) is 24.6 Å². The number of rotatable bonds is 5. The molecule has 2 N–H and O–H groups in total. The molecule has 6 nitrogen and oxygen atoms in total. The van der Waals surface area contributed by atoms with Crippen molar-refractivity contribution in [1.29, 1.82) is 0 Å². The Kier molecular flexibility index (Phi) is 6.01. The molecule has 154 valence electrons. The summed E-state index contributed by atoms with van der Waals surface area (Å²) in [6.45, 7) is 0.